The van der Waals surface area contributed by atoms with Crippen LogP contribution in [0, 0.1) is 10.1 Å². The van der Waals surface area contributed by atoms with Gasteiger partial charge in [0.1, 0.15) is 40.1 Å². The minimum absolute atomic E-state index is 0. The summed E-state index contributed by atoms with van der Waals surface area (Å²) in [7, 11) is -4.15. The van der Waals surface area contributed by atoms with Gasteiger partial charge in [-0.3, -0.25) is 19.8 Å². The number of aromatic hydroxyl groups is 4. The molecule has 17 heteroatoms. The summed E-state index contributed by atoms with van der Waals surface area (Å²) in [5.41, 5.74) is 0.148. The molecule has 6 aromatic carbocycles. The number of hydrogen-bond acceptors (Lipinski definition) is 12. The molecule has 6 N–H and O–H groups in total. The molecule has 0 aromatic heterocycles. The molecule has 0 aliphatic heterocycles. The Balaban J connectivity index is 0.000000368. The van der Waals surface area contributed by atoms with Crippen molar-refractivity contribution in [1.29, 1.82) is 0 Å². The summed E-state index contributed by atoms with van der Waals surface area (Å²) < 4.78 is 27.6. The zero-order valence-corrected chi connectivity index (χ0v) is 29.1. The molecule has 0 atom stereocenters. The van der Waals surface area contributed by atoms with Crippen LogP contribution in [0.25, 0.3) is 10.8 Å². The van der Waals surface area contributed by atoms with Crippen LogP contribution < -0.4 is 4.72 Å². The van der Waals surface area contributed by atoms with Gasteiger partial charge in [0, 0.05) is 40.6 Å². The number of carbonyl (C=O) groups is 1. The van der Waals surface area contributed by atoms with Crippen LogP contribution in [0.4, 0.5) is 28.4 Å². The number of nitrogens with one attached hydrogen (secondary N) is 1. The van der Waals surface area contributed by atoms with Crippen LogP contribution in [0.15, 0.2) is 141 Å². The van der Waals surface area contributed by atoms with E-state index in [9.17, 15) is 48.9 Å². The van der Waals surface area contributed by atoms with Crippen LogP contribution in [0.2, 0.25) is 0 Å². The molecule has 0 fully saturated rings. The molecular weight excluding hydrogens is 746 g/mol. The molecule has 0 saturated carbocycles. The number of anilines is 1. The molecule has 6 rings (SSSR count). The molecule has 0 bridgehead atoms. The average molecular weight is 776 g/mol. The number of non-ortho nitro benzene ring substituents is 1. The predicted octanol–water partition coefficient (Wildman–Crippen LogP) is 8.14. The third-order valence-corrected chi connectivity index (χ3v) is 8.61. The van der Waals surface area contributed by atoms with Gasteiger partial charge in [-0.25, -0.2) is 13.2 Å². The number of fused-ring (bicyclic) bond motifs is 1. The van der Waals surface area contributed by atoms with E-state index in [1.165, 1.54) is 60.8 Å². The maximum atomic E-state index is 12.7. The Hall–Kier alpha value is -6.80. The number of aromatic carboxylic acids is 1. The van der Waals surface area contributed by atoms with Crippen molar-refractivity contribution < 1.29 is 63.9 Å². The third-order valence-electron chi connectivity index (χ3n) is 7.25. The monoisotopic (exact) mass is 775 g/mol. The van der Waals surface area contributed by atoms with Crippen molar-refractivity contribution in [3.05, 3.63) is 143 Å². The third kappa shape index (κ3) is 9.51. The number of nitro groups is 1. The van der Waals surface area contributed by atoms with E-state index in [2.05, 4.69) is 19.9 Å². The standard InChI is InChI=1S/C20H16N2O6S.C16H11N3O4.Cr/c23-18-8-4-1-5-13(18)12-21-17-11-14(9-10-19(17)24)29(27,28)22-16-7-3-2-6-15(16)20(25)26;20-14-8-5-10-3-1-2-4-12(10)16(14)18-17-13-7-6-11(19(22)23)9-15(13)21;/h1-12,22-24H,(H,25,26);1-9,20-21H;/p+2. The van der Waals surface area contributed by atoms with Crippen LogP contribution in [0.3, 0.4) is 0 Å². The topological polar surface area (TPSA) is 245 Å². The summed E-state index contributed by atoms with van der Waals surface area (Å²) in [6.45, 7) is 0. The molecule has 15 nitrogen and oxygen atoms in total. The van der Waals surface area contributed by atoms with Gasteiger partial charge >= 0.3 is 8.82 Å². The molecule has 53 heavy (non-hydrogen) atoms. The van der Waals surface area contributed by atoms with Crippen LogP contribution in [-0.2, 0) is 27.4 Å². The summed E-state index contributed by atoms with van der Waals surface area (Å²) in [4.78, 5) is 25.1. The Kier molecular flexibility index (Phi) is 12.5. The maximum Gasteiger partial charge on any atom is 1.00 e. The molecule has 0 amide bonds. The van der Waals surface area contributed by atoms with Crippen molar-refractivity contribution in [2.24, 2.45) is 15.2 Å². The number of phenols is 4. The number of sulfonamides is 1. The van der Waals surface area contributed by atoms with E-state index in [0.29, 0.717) is 10.9 Å². The van der Waals surface area contributed by atoms with E-state index in [1.54, 1.807) is 30.3 Å². The van der Waals surface area contributed by atoms with E-state index in [1.807, 2.05) is 18.2 Å². The fourth-order valence-electron chi connectivity index (χ4n) is 4.63. The molecule has 0 spiro atoms. The van der Waals surface area contributed by atoms with Gasteiger partial charge in [0.2, 0.25) is 0 Å². The number of para-hydroxylation sites is 2. The van der Waals surface area contributed by atoms with Crippen molar-refractivity contribution in [1.82, 2.24) is 0 Å². The van der Waals surface area contributed by atoms with Crippen LogP contribution >= 0.6 is 0 Å². The van der Waals surface area contributed by atoms with E-state index < -0.39 is 20.9 Å². The summed E-state index contributed by atoms with van der Waals surface area (Å²) in [5, 5.41) is 68.8. The van der Waals surface area contributed by atoms with Crippen molar-refractivity contribution >= 4 is 61.4 Å². The van der Waals surface area contributed by atoms with Gasteiger partial charge in [-0.2, -0.15) is 0 Å². The molecule has 268 valence electrons. The van der Waals surface area contributed by atoms with Crippen molar-refractivity contribution in [2.45, 2.75) is 4.90 Å². The van der Waals surface area contributed by atoms with Gasteiger partial charge in [-0.15, -0.1) is 10.2 Å². The largest absolute Gasteiger partial charge is 1.00 e. The number of benzene rings is 6. The Morgan fingerprint density at radius 1 is 0.736 bits per heavy atom. The molecular formula is C36H29CrN5O10S+2. The Morgan fingerprint density at radius 3 is 2.13 bits per heavy atom. The van der Waals surface area contributed by atoms with Crippen molar-refractivity contribution in [2.75, 3.05) is 4.72 Å². The van der Waals surface area contributed by atoms with E-state index in [0.717, 1.165) is 23.6 Å². The molecule has 0 saturated heterocycles. The number of carboxylic acid groups (broad SMARTS) is 1. The molecule has 0 aliphatic rings. The van der Waals surface area contributed by atoms with Crippen molar-refractivity contribution in [3.63, 3.8) is 0 Å². The molecule has 6 aromatic rings. The van der Waals surface area contributed by atoms with Gasteiger partial charge in [0.15, 0.2) is 0 Å². The number of nitrogens with zero attached hydrogens (tertiary/aromatic N) is 4. The Bertz CT molecular complexity index is 2510. The number of phenolic OH excluding ortho intramolecular Hbond substituents is 4. The first-order valence-corrected chi connectivity index (χ1v) is 16.4. The molecule has 0 heterocycles. The second-order valence-corrected chi connectivity index (χ2v) is 12.4. The number of rotatable bonds is 9. The van der Waals surface area contributed by atoms with Gasteiger partial charge < -0.3 is 25.5 Å². The quantitative estimate of drug-likeness (QED) is 0.0356. The first-order chi connectivity index (χ1) is 24.8. The first kappa shape index (κ1) is 39.0. The second-order valence-electron chi connectivity index (χ2n) is 10.7. The van der Waals surface area contributed by atoms with Crippen molar-refractivity contribution in [3.8, 4) is 23.0 Å². The predicted molar refractivity (Wildman–Crippen MR) is 194 cm³/mol. The fourth-order valence-corrected chi connectivity index (χ4v) is 5.73. The summed E-state index contributed by atoms with van der Waals surface area (Å²) in [5.74, 6) is -1.97. The van der Waals surface area contributed by atoms with Gasteiger partial charge in [0.05, 0.1) is 27.1 Å². The van der Waals surface area contributed by atoms with E-state index >= 15 is 0 Å². The maximum absolute atomic E-state index is 12.7. The number of hydrogen-bond donors (Lipinski definition) is 6. The van der Waals surface area contributed by atoms with Gasteiger partial charge in [-0.05, 0) is 60.0 Å². The smallest absolute Gasteiger partial charge is 0.507 e. The number of nitro benzene ring substituents is 1. The zero-order valence-electron chi connectivity index (χ0n) is 29.0. The Morgan fingerprint density at radius 2 is 1.42 bits per heavy atom. The average Bonchev–Trinajstić information content (AvgIpc) is 3.12. The summed E-state index contributed by atoms with van der Waals surface area (Å²) in [6, 6.07) is 29.5. The SMILES string of the molecule is O=C(O)c1ccccc1NS(=O)(=O)c1ccc(O)c(N=Cc2ccccc2O)c1.O=[N+]([O-])c1ccc(N=Nc2c(O)ccc3ccccc23)c(O)c1.[Cr].[H+].[H+]. The summed E-state index contributed by atoms with van der Waals surface area (Å²) in [6.07, 6.45) is 1.29. The fraction of sp³-hybridized carbons (Fsp3) is 0. The first-order valence-electron chi connectivity index (χ1n) is 14.9. The van der Waals surface area contributed by atoms with Crippen LogP contribution in [0.1, 0.15) is 18.8 Å². The zero-order chi connectivity index (χ0) is 37.4. The molecule has 0 unspecified atom stereocenters. The van der Waals surface area contributed by atoms with Crippen LogP contribution in [-0.4, -0.2) is 51.1 Å². The van der Waals surface area contributed by atoms with E-state index in [-0.39, 0.29) is 82.1 Å². The number of azo groups is 1. The van der Waals surface area contributed by atoms with E-state index in [4.69, 9.17) is 0 Å². The van der Waals surface area contributed by atoms with Gasteiger partial charge in [-0.1, -0.05) is 54.6 Å². The summed E-state index contributed by atoms with van der Waals surface area (Å²) >= 11 is 0. The second kappa shape index (κ2) is 16.9. The number of carboxylic acids is 1. The van der Waals surface area contributed by atoms with Crippen LogP contribution in [0.5, 0.6) is 23.0 Å². The minimum Gasteiger partial charge on any atom is -0.507 e. The number of aliphatic imine (C=N–C) groups is 1. The molecule has 0 aliphatic carbocycles. The Labute approximate surface area is 314 Å². The normalized spacial score (nSPS) is 11.1. The van der Waals surface area contributed by atoms with Gasteiger partial charge in [0.25, 0.3) is 15.7 Å². The molecule has 0 radical (unpaired) electrons. The minimum atomic E-state index is -4.15.